The Kier molecular flexibility index (Phi) is 5.37. The Morgan fingerprint density at radius 2 is 1.63 bits per heavy atom. The number of nitrogens with one attached hydrogen (secondary N) is 2. The van der Waals surface area contributed by atoms with E-state index in [1.165, 1.54) is 0 Å². The zero-order valence-corrected chi connectivity index (χ0v) is 15.5. The van der Waals surface area contributed by atoms with E-state index >= 15 is 0 Å². The molecule has 6 nitrogen and oxygen atoms in total. The number of benzene rings is 2. The lowest BCUT2D eigenvalue weighted by atomic mass is 10.2. The number of morpholine rings is 1. The molecule has 1 fully saturated rings. The van der Waals surface area contributed by atoms with Crippen LogP contribution in [0, 0.1) is 0 Å². The van der Waals surface area contributed by atoms with Crippen molar-refractivity contribution in [2.75, 3.05) is 41.8 Å². The first-order valence-corrected chi connectivity index (χ1v) is 9.21. The Labute approximate surface area is 163 Å². The summed E-state index contributed by atoms with van der Waals surface area (Å²) < 4.78 is 5.46. The average Bonchev–Trinajstić information content (AvgIpc) is 2.71. The smallest absolute Gasteiger partial charge is 0.229 e. The van der Waals surface area contributed by atoms with Crippen molar-refractivity contribution in [3.8, 4) is 0 Å². The number of anilines is 5. The summed E-state index contributed by atoms with van der Waals surface area (Å²) in [5, 5.41) is 7.20. The highest BCUT2D eigenvalue weighted by Crippen LogP contribution is 2.29. The molecule has 0 amide bonds. The zero-order chi connectivity index (χ0) is 18.5. The minimum absolute atomic E-state index is 0.521. The molecule has 0 saturated carbocycles. The minimum Gasteiger partial charge on any atom is -0.378 e. The van der Waals surface area contributed by atoms with Crippen LogP contribution in [-0.2, 0) is 4.74 Å². The number of para-hydroxylation sites is 3. The SMILES string of the molecule is Clc1ccccc1Nc1ccnc(Nc2ccccc2N2CCOCC2)n1. The molecule has 2 N–H and O–H groups in total. The molecule has 0 spiro atoms. The van der Waals surface area contributed by atoms with Gasteiger partial charge in [0.25, 0.3) is 0 Å². The first kappa shape index (κ1) is 17.6. The summed E-state index contributed by atoms with van der Waals surface area (Å²) in [6.07, 6.45) is 1.71. The molecule has 1 aliphatic heterocycles. The predicted octanol–water partition coefficient (Wildman–Crippen LogP) is 4.45. The Morgan fingerprint density at radius 3 is 2.44 bits per heavy atom. The highest BCUT2D eigenvalue weighted by atomic mass is 35.5. The molecular weight excluding hydrogens is 362 g/mol. The van der Waals surface area contributed by atoms with Crippen LogP contribution in [-0.4, -0.2) is 36.3 Å². The van der Waals surface area contributed by atoms with E-state index in [1.54, 1.807) is 6.20 Å². The highest BCUT2D eigenvalue weighted by Gasteiger charge is 2.15. The molecule has 3 aromatic rings. The highest BCUT2D eigenvalue weighted by molar-refractivity contribution is 6.33. The van der Waals surface area contributed by atoms with Gasteiger partial charge in [-0.3, -0.25) is 0 Å². The maximum absolute atomic E-state index is 6.21. The van der Waals surface area contributed by atoms with Gasteiger partial charge in [0, 0.05) is 19.3 Å². The molecule has 27 heavy (non-hydrogen) atoms. The number of halogens is 1. The molecule has 2 aromatic carbocycles. The van der Waals surface area contributed by atoms with Crippen LogP contribution in [0.2, 0.25) is 5.02 Å². The molecule has 1 aromatic heterocycles. The van der Waals surface area contributed by atoms with Crippen LogP contribution in [0.3, 0.4) is 0 Å². The number of hydrogen-bond donors (Lipinski definition) is 2. The average molecular weight is 382 g/mol. The lowest BCUT2D eigenvalue weighted by Gasteiger charge is -2.30. The molecule has 138 valence electrons. The molecule has 0 unspecified atom stereocenters. The normalized spacial score (nSPS) is 14.0. The van der Waals surface area contributed by atoms with Crippen LogP contribution in [0.15, 0.2) is 60.8 Å². The quantitative estimate of drug-likeness (QED) is 0.680. The van der Waals surface area contributed by atoms with E-state index in [0.29, 0.717) is 16.8 Å². The van der Waals surface area contributed by atoms with Gasteiger partial charge < -0.3 is 20.3 Å². The van der Waals surface area contributed by atoms with E-state index in [2.05, 4.69) is 31.6 Å². The largest absolute Gasteiger partial charge is 0.378 e. The Balaban J connectivity index is 1.54. The lowest BCUT2D eigenvalue weighted by molar-refractivity contribution is 0.123. The number of nitrogens with zero attached hydrogens (tertiary/aromatic N) is 3. The van der Waals surface area contributed by atoms with E-state index < -0.39 is 0 Å². The number of rotatable bonds is 5. The van der Waals surface area contributed by atoms with Crippen molar-refractivity contribution < 1.29 is 4.74 Å². The molecule has 4 rings (SSSR count). The topological polar surface area (TPSA) is 62.3 Å². The van der Waals surface area contributed by atoms with Crippen molar-refractivity contribution in [2.45, 2.75) is 0 Å². The summed E-state index contributed by atoms with van der Waals surface area (Å²) in [4.78, 5) is 11.2. The molecule has 0 aliphatic carbocycles. The van der Waals surface area contributed by atoms with Gasteiger partial charge in [0.15, 0.2) is 0 Å². The van der Waals surface area contributed by atoms with E-state index in [9.17, 15) is 0 Å². The van der Waals surface area contributed by atoms with Crippen LogP contribution in [0.25, 0.3) is 0 Å². The standard InChI is InChI=1S/C20H20ClN5O/c21-15-5-1-2-6-16(15)23-19-9-10-22-20(25-19)24-17-7-3-4-8-18(17)26-11-13-27-14-12-26/h1-10H,11-14H2,(H2,22,23,24,25). The molecule has 0 radical (unpaired) electrons. The lowest BCUT2D eigenvalue weighted by Crippen LogP contribution is -2.36. The van der Waals surface area contributed by atoms with Crippen molar-refractivity contribution in [1.29, 1.82) is 0 Å². The molecule has 7 heteroatoms. The summed E-state index contributed by atoms with van der Waals surface area (Å²) in [5.74, 6) is 1.19. The number of ether oxygens (including phenoxy) is 1. The van der Waals surface area contributed by atoms with E-state index in [-0.39, 0.29) is 0 Å². The van der Waals surface area contributed by atoms with Gasteiger partial charge in [0.2, 0.25) is 5.95 Å². The van der Waals surface area contributed by atoms with E-state index in [0.717, 1.165) is 43.4 Å². The minimum atomic E-state index is 0.521. The van der Waals surface area contributed by atoms with Crippen LogP contribution in [0.5, 0.6) is 0 Å². The first-order chi connectivity index (χ1) is 13.3. The predicted molar refractivity (Wildman–Crippen MR) is 110 cm³/mol. The van der Waals surface area contributed by atoms with Crippen molar-refractivity contribution in [2.24, 2.45) is 0 Å². The monoisotopic (exact) mass is 381 g/mol. The summed E-state index contributed by atoms with van der Waals surface area (Å²) in [6, 6.07) is 17.5. The van der Waals surface area contributed by atoms with Crippen molar-refractivity contribution in [3.63, 3.8) is 0 Å². The fourth-order valence-corrected chi connectivity index (χ4v) is 3.15. The van der Waals surface area contributed by atoms with Crippen molar-refractivity contribution in [1.82, 2.24) is 9.97 Å². The molecule has 0 bridgehead atoms. The Morgan fingerprint density at radius 1 is 0.889 bits per heavy atom. The first-order valence-electron chi connectivity index (χ1n) is 8.83. The third-order valence-corrected chi connectivity index (χ3v) is 4.62. The van der Waals surface area contributed by atoms with Gasteiger partial charge in [0.05, 0.1) is 35.3 Å². The van der Waals surface area contributed by atoms with Gasteiger partial charge in [-0.05, 0) is 30.3 Å². The molecule has 1 aliphatic rings. The Bertz CT molecular complexity index is 914. The van der Waals surface area contributed by atoms with Crippen LogP contribution >= 0.6 is 11.6 Å². The van der Waals surface area contributed by atoms with Crippen molar-refractivity contribution >= 4 is 40.4 Å². The second-order valence-corrected chi connectivity index (χ2v) is 6.52. The second kappa shape index (κ2) is 8.24. The van der Waals surface area contributed by atoms with Crippen LogP contribution in [0.4, 0.5) is 28.8 Å². The summed E-state index contributed by atoms with van der Waals surface area (Å²) >= 11 is 6.21. The third kappa shape index (κ3) is 4.30. The van der Waals surface area contributed by atoms with E-state index in [1.807, 2.05) is 48.5 Å². The summed E-state index contributed by atoms with van der Waals surface area (Å²) in [6.45, 7) is 3.21. The fraction of sp³-hybridized carbons (Fsp3) is 0.200. The second-order valence-electron chi connectivity index (χ2n) is 6.11. The van der Waals surface area contributed by atoms with Crippen LogP contribution < -0.4 is 15.5 Å². The molecular formula is C20H20ClN5O. The number of aromatic nitrogens is 2. The van der Waals surface area contributed by atoms with Crippen LogP contribution in [0.1, 0.15) is 0 Å². The van der Waals surface area contributed by atoms with Gasteiger partial charge in [-0.2, -0.15) is 4.98 Å². The van der Waals surface area contributed by atoms with Crippen molar-refractivity contribution in [3.05, 3.63) is 65.8 Å². The third-order valence-electron chi connectivity index (χ3n) is 4.29. The fourth-order valence-electron chi connectivity index (χ4n) is 2.97. The summed E-state index contributed by atoms with van der Waals surface area (Å²) in [5.41, 5.74) is 2.89. The number of hydrogen-bond acceptors (Lipinski definition) is 6. The summed E-state index contributed by atoms with van der Waals surface area (Å²) in [7, 11) is 0. The van der Waals surface area contributed by atoms with Gasteiger partial charge in [-0.25, -0.2) is 4.98 Å². The Hall–Kier alpha value is -2.83. The maximum Gasteiger partial charge on any atom is 0.229 e. The maximum atomic E-state index is 6.21. The van der Waals surface area contributed by atoms with Gasteiger partial charge >= 0.3 is 0 Å². The molecule has 1 saturated heterocycles. The molecule has 2 heterocycles. The van der Waals surface area contributed by atoms with Gasteiger partial charge in [0.1, 0.15) is 5.82 Å². The van der Waals surface area contributed by atoms with Gasteiger partial charge in [-0.1, -0.05) is 35.9 Å². The van der Waals surface area contributed by atoms with Gasteiger partial charge in [-0.15, -0.1) is 0 Å². The van der Waals surface area contributed by atoms with E-state index in [4.69, 9.17) is 16.3 Å². The molecule has 0 atom stereocenters. The zero-order valence-electron chi connectivity index (χ0n) is 14.7.